The Morgan fingerprint density at radius 2 is 1.48 bits per heavy atom. The Labute approximate surface area is 178 Å². The molecule has 0 saturated carbocycles. The molecule has 1 amide bonds. The number of amides is 1. The van der Waals surface area contributed by atoms with Gasteiger partial charge >= 0.3 is 5.97 Å². The van der Waals surface area contributed by atoms with E-state index in [2.05, 4.69) is 36.5 Å². The van der Waals surface area contributed by atoms with Crippen LogP contribution in [0.3, 0.4) is 0 Å². The van der Waals surface area contributed by atoms with Gasteiger partial charge in [-0.05, 0) is 45.1 Å². The summed E-state index contributed by atoms with van der Waals surface area (Å²) in [6.07, 6.45) is 22.3. The van der Waals surface area contributed by atoms with Crippen LogP contribution < -0.4 is 5.32 Å². The van der Waals surface area contributed by atoms with Gasteiger partial charge in [-0.3, -0.25) is 9.59 Å². The molecular formula is C24H44N2O3. The molecule has 0 saturated heterocycles. The summed E-state index contributed by atoms with van der Waals surface area (Å²) >= 11 is 0. The van der Waals surface area contributed by atoms with E-state index in [1.807, 2.05) is 6.92 Å². The lowest BCUT2D eigenvalue weighted by molar-refractivity contribution is -0.196. The summed E-state index contributed by atoms with van der Waals surface area (Å²) in [7, 11) is 0. The van der Waals surface area contributed by atoms with Gasteiger partial charge in [0, 0.05) is 19.9 Å². The SMILES string of the molecule is CCCCC/C=C/C/C=C/CCCCCCCC(=O)N(CCNCC)OC(C)=O. The quantitative estimate of drug-likeness (QED) is 0.179. The number of hydrogen-bond acceptors (Lipinski definition) is 4. The van der Waals surface area contributed by atoms with Gasteiger partial charge in [0.05, 0.1) is 6.54 Å². The smallest absolute Gasteiger partial charge is 0.329 e. The van der Waals surface area contributed by atoms with Gasteiger partial charge in [-0.25, -0.2) is 0 Å². The summed E-state index contributed by atoms with van der Waals surface area (Å²) in [5.74, 6) is -0.557. The highest BCUT2D eigenvalue weighted by molar-refractivity contribution is 5.77. The van der Waals surface area contributed by atoms with Gasteiger partial charge < -0.3 is 10.2 Å². The van der Waals surface area contributed by atoms with Crippen molar-refractivity contribution in [1.29, 1.82) is 0 Å². The molecule has 0 fully saturated rings. The first-order valence-corrected chi connectivity index (χ1v) is 11.6. The van der Waals surface area contributed by atoms with Gasteiger partial charge in [-0.2, -0.15) is 5.06 Å². The zero-order valence-corrected chi connectivity index (χ0v) is 19.1. The number of nitrogens with zero attached hydrogens (tertiary/aromatic N) is 1. The molecule has 0 atom stereocenters. The largest absolute Gasteiger partial charge is 0.338 e. The minimum Gasteiger partial charge on any atom is -0.338 e. The Balaban J connectivity index is 3.67. The normalized spacial score (nSPS) is 11.4. The molecule has 0 aromatic rings. The average Bonchev–Trinajstić information content (AvgIpc) is 2.69. The molecule has 0 aliphatic heterocycles. The summed E-state index contributed by atoms with van der Waals surface area (Å²) in [5.41, 5.74) is 0. The predicted octanol–water partition coefficient (Wildman–Crippen LogP) is 5.72. The zero-order chi connectivity index (χ0) is 21.6. The van der Waals surface area contributed by atoms with Crippen molar-refractivity contribution in [2.24, 2.45) is 0 Å². The lowest BCUT2D eigenvalue weighted by atomic mass is 10.1. The van der Waals surface area contributed by atoms with Crippen LogP contribution in [-0.4, -0.2) is 36.6 Å². The number of hydroxylamine groups is 2. The highest BCUT2D eigenvalue weighted by atomic mass is 16.7. The fraction of sp³-hybridized carbons (Fsp3) is 0.750. The number of nitrogens with one attached hydrogen (secondary N) is 1. The van der Waals surface area contributed by atoms with Crippen molar-refractivity contribution in [3.05, 3.63) is 24.3 Å². The van der Waals surface area contributed by atoms with Crippen LogP contribution in [-0.2, 0) is 14.4 Å². The molecule has 168 valence electrons. The van der Waals surface area contributed by atoms with Crippen molar-refractivity contribution >= 4 is 11.9 Å². The Bertz CT molecular complexity index is 461. The molecule has 5 nitrogen and oxygen atoms in total. The molecule has 0 aromatic heterocycles. The van der Waals surface area contributed by atoms with Gasteiger partial charge in [-0.15, -0.1) is 0 Å². The molecule has 0 heterocycles. The van der Waals surface area contributed by atoms with Crippen LogP contribution in [0.15, 0.2) is 24.3 Å². The van der Waals surface area contributed by atoms with Crippen LogP contribution in [0.1, 0.15) is 97.8 Å². The van der Waals surface area contributed by atoms with Gasteiger partial charge in [-0.1, -0.05) is 70.3 Å². The van der Waals surface area contributed by atoms with Crippen molar-refractivity contribution in [2.45, 2.75) is 97.8 Å². The molecule has 0 radical (unpaired) electrons. The van der Waals surface area contributed by atoms with Crippen molar-refractivity contribution in [2.75, 3.05) is 19.6 Å². The molecule has 0 bridgehead atoms. The summed E-state index contributed by atoms with van der Waals surface area (Å²) in [6, 6.07) is 0. The number of carbonyl (C=O) groups is 2. The summed E-state index contributed by atoms with van der Waals surface area (Å²) in [4.78, 5) is 28.4. The second-order valence-corrected chi connectivity index (χ2v) is 7.41. The minimum atomic E-state index is -0.449. The lowest BCUT2D eigenvalue weighted by Crippen LogP contribution is -2.38. The molecule has 0 aliphatic rings. The van der Waals surface area contributed by atoms with E-state index in [9.17, 15) is 9.59 Å². The van der Waals surface area contributed by atoms with Gasteiger partial charge in [0.2, 0.25) is 0 Å². The molecule has 0 aromatic carbocycles. The van der Waals surface area contributed by atoms with Crippen molar-refractivity contribution in [1.82, 2.24) is 10.4 Å². The first kappa shape index (κ1) is 27.4. The zero-order valence-electron chi connectivity index (χ0n) is 19.1. The van der Waals surface area contributed by atoms with Crippen molar-refractivity contribution in [3.63, 3.8) is 0 Å². The number of likely N-dealkylation sites (N-methyl/N-ethyl adjacent to an activating group) is 1. The maximum Gasteiger partial charge on any atom is 0.329 e. The molecule has 0 aliphatic carbocycles. The van der Waals surface area contributed by atoms with Crippen molar-refractivity contribution in [3.8, 4) is 0 Å². The third-order valence-corrected chi connectivity index (χ3v) is 4.60. The fourth-order valence-electron chi connectivity index (χ4n) is 2.95. The van der Waals surface area contributed by atoms with E-state index in [0.29, 0.717) is 19.5 Å². The maximum atomic E-state index is 12.2. The molecule has 29 heavy (non-hydrogen) atoms. The van der Waals surface area contributed by atoms with E-state index >= 15 is 0 Å². The topological polar surface area (TPSA) is 58.6 Å². The minimum absolute atomic E-state index is 0.108. The number of rotatable bonds is 18. The van der Waals surface area contributed by atoms with Gasteiger partial charge in [0.1, 0.15) is 0 Å². The molecule has 1 N–H and O–H groups in total. The molecule has 5 heteroatoms. The molecule has 0 spiro atoms. The lowest BCUT2D eigenvalue weighted by Gasteiger charge is -2.20. The van der Waals surface area contributed by atoms with Crippen LogP contribution in [0.5, 0.6) is 0 Å². The first-order valence-electron chi connectivity index (χ1n) is 11.6. The third-order valence-electron chi connectivity index (χ3n) is 4.60. The van der Waals surface area contributed by atoms with E-state index in [4.69, 9.17) is 4.84 Å². The number of allylic oxidation sites excluding steroid dienone is 4. The highest BCUT2D eigenvalue weighted by Crippen LogP contribution is 2.09. The second-order valence-electron chi connectivity index (χ2n) is 7.41. The van der Waals surface area contributed by atoms with E-state index in [-0.39, 0.29) is 5.91 Å². The Morgan fingerprint density at radius 1 is 0.862 bits per heavy atom. The second kappa shape index (κ2) is 21.1. The standard InChI is InChI=1S/C24H44N2O3/c1-4-6-7-8-9-10-11-12-13-14-15-16-17-18-19-20-24(28)26(29-23(3)27)22-21-25-5-2/h9-10,12-13,25H,4-8,11,14-22H2,1-3H3/b10-9+,13-12+. The number of unbranched alkanes of at least 4 members (excludes halogenated alkanes) is 8. The van der Waals surface area contributed by atoms with Crippen molar-refractivity contribution < 1.29 is 14.4 Å². The van der Waals surface area contributed by atoms with E-state index < -0.39 is 5.97 Å². The highest BCUT2D eigenvalue weighted by Gasteiger charge is 2.15. The number of carbonyl (C=O) groups excluding carboxylic acids is 2. The van der Waals surface area contributed by atoms with Crippen LogP contribution >= 0.6 is 0 Å². The van der Waals surface area contributed by atoms with Crippen LogP contribution in [0.4, 0.5) is 0 Å². The van der Waals surface area contributed by atoms with E-state index in [1.54, 1.807) is 0 Å². The predicted molar refractivity (Wildman–Crippen MR) is 121 cm³/mol. The fourth-order valence-corrected chi connectivity index (χ4v) is 2.95. The maximum absolute atomic E-state index is 12.2. The van der Waals surface area contributed by atoms with Crippen LogP contribution in [0, 0.1) is 0 Å². The first-order chi connectivity index (χ1) is 14.1. The van der Waals surface area contributed by atoms with E-state index in [0.717, 1.165) is 38.6 Å². The van der Waals surface area contributed by atoms with E-state index in [1.165, 1.54) is 50.5 Å². The Hall–Kier alpha value is -1.62. The molecule has 0 rings (SSSR count). The molecular weight excluding hydrogens is 364 g/mol. The van der Waals surface area contributed by atoms with Crippen LogP contribution in [0.2, 0.25) is 0 Å². The Kier molecular flexibility index (Phi) is 19.9. The Morgan fingerprint density at radius 3 is 2.10 bits per heavy atom. The monoisotopic (exact) mass is 408 g/mol. The van der Waals surface area contributed by atoms with Gasteiger partial charge in [0.25, 0.3) is 5.91 Å². The molecule has 0 unspecified atom stereocenters. The summed E-state index contributed by atoms with van der Waals surface area (Å²) in [6.45, 7) is 7.40. The average molecular weight is 409 g/mol. The summed E-state index contributed by atoms with van der Waals surface area (Å²) < 4.78 is 0. The summed E-state index contributed by atoms with van der Waals surface area (Å²) in [5, 5.41) is 4.34. The third kappa shape index (κ3) is 19.5. The van der Waals surface area contributed by atoms with Crippen LogP contribution in [0.25, 0.3) is 0 Å². The number of hydrogen-bond donors (Lipinski definition) is 1. The van der Waals surface area contributed by atoms with Gasteiger partial charge in [0.15, 0.2) is 0 Å².